The molecule has 0 saturated carbocycles. The van der Waals surface area contributed by atoms with E-state index in [2.05, 4.69) is 0 Å². The van der Waals surface area contributed by atoms with Gasteiger partial charge in [0.25, 0.3) is 5.69 Å². The van der Waals surface area contributed by atoms with E-state index in [1.165, 1.54) is 26.4 Å². The second-order valence-corrected chi connectivity index (χ2v) is 3.34. The number of benzene rings is 1. The van der Waals surface area contributed by atoms with Crippen molar-refractivity contribution in [3.05, 3.63) is 39.4 Å². The fourth-order valence-corrected chi connectivity index (χ4v) is 1.72. The monoisotopic (exact) mass is 225 g/mol. The van der Waals surface area contributed by atoms with Crippen LogP contribution in [0.25, 0.3) is 0 Å². The molecule has 0 N–H and O–H groups in total. The number of nitrogens with zero attached hydrogens (tertiary/aromatic N) is 1. The quantitative estimate of drug-likeness (QED) is 0.580. The molecule has 0 fully saturated rings. The van der Waals surface area contributed by atoms with Gasteiger partial charge in [0.05, 0.1) is 4.92 Å². The third-order valence-corrected chi connectivity index (χ3v) is 2.46. The fourth-order valence-electron chi connectivity index (χ4n) is 1.72. The molecule has 0 aliphatic carbocycles. The van der Waals surface area contributed by atoms with E-state index in [4.69, 9.17) is 14.2 Å². The number of fused-ring (bicyclic) bond motifs is 1. The molecule has 0 spiro atoms. The molecule has 0 radical (unpaired) electrons. The Labute approximate surface area is 91.9 Å². The van der Waals surface area contributed by atoms with Crippen molar-refractivity contribution in [2.24, 2.45) is 0 Å². The van der Waals surface area contributed by atoms with E-state index in [9.17, 15) is 10.1 Å². The highest BCUT2D eigenvalue weighted by atomic mass is 16.8. The molecule has 1 aliphatic heterocycles. The molecule has 1 heterocycles. The normalized spacial score (nSPS) is 23.1. The van der Waals surface area contributed by atoms with Gasteiger partial charge in [0, 0.05) is 37.5 Å². The molecule has 1 aromatic carbocycles. The Morgan fingerprint density at radius 1 is 1.25 bits per heavy atom. The van der Waals surface area contributed by atoms with Gasteiger partial charge in [-0.1, -0.05) is 0 Å². The summed E-state index contributed by atoms with van der Waals surface area (Å²) in [6.07, 6.45) is -1.14. The number of hydrogen-bond acceptors (Lipinski definition) is 5. The smallest absolute Gasteiger partial charge is 0.269 e. The van der Waals surface area contributed by atoms with Crippen LogP contribution in [0.1, 0.15) is 23.7 Å². The maximum atomic E-state index is 10.6. The molecular formula is C10H11NO5. The Balaban J connectivity index is 2.44. The van der Waals surface area contributed by atoms with Crippen molar-refractivity contribution in [1.29, 1.82) is 0 Å². The molecule has 6 nitrogen and oxygen atoms in total. The molecule has 2 atom stereocenters. The lowest BCUT2D eigenvalue weighted by Crippen LogP contribution is -2.01. The highest BCUT2D eigenvalue weighted by Gasteiger charge is 2.33. The minimum Gasteiger partial charge on any atom is -0.352 e. The van der Waals surface area contributed by atoms with E-state index in [1.807, 2.05) is 0 Å². The third kappa shape index (κ3) is 1.67. The van der Waals surface area contributed by atoms with Crippen LogP contribution in [0.3, 0.4) is 0 Å². The van der Waals surface area contributed by atoms with Crippen LogP contribution in [-0.2, 0) is 14.2 Å². The summed E-state index contributed by atoms with van der Waals surface area (Å²) in [6.45, 7) is 0. The minimum absolute atomic E-state index is 0.0150. The van der Waals surface area contributed by atoms with Crippen molar-refractivity contribution < 1.29 is 19.1 Å². The highest BCUT2D eigenvalue weighted by Crippen LogP contribution is 2.41. The van der Waals surface area contributed by atoms with Crippen LogP contribution in [0.15, 0.2) is 18.2 Å². The Morgan fingerprint density at radius 3 is 2.44 bits per heavy atom. The van der Waals surface area contributed by atoms with Crippen LogP contribution in [0.4, 0.5) is 5.69 Å². The lowest BCUT2D eigenvalue weighted by atomic mass is 10.1. The molecule has 0 amide bonds. The van der Waals surface area contributed by atoms with E-state index in [0.29, 0.717) is 5.56 Å². The maximum Gasteiger partial charge on any atom is 0.269 e. The topological polar surface area (TPSA) is 70.8 Å². The summed E-state index contributed by atoms with van der Waals surface area (Å²) in [7, 11) is 2.99. The molecule has 86 valence electrons. The molecule has 0 bridgehead atoms. The van der Waals surface area contributed by atoms with E-state index >= 15 is 0 Å². The van der Waals surface area contributed by atoms with Gasteiger partial charge in [-0.2, -0.15) is 0 Å². The van der Waals surface area contributed by atoms with Gasteiger partial charge in [0.15, 0.2) is 12.6 Å². The van der Waals surface area contributed by atoms with E-state index in [1.54, 1.807) is 6.07 Å². The number of nitro groups is 1. The van der Waals surface area contributed by atoms with Gasteiger partial charge in [-0.15, -0.1) is 0 Å². The first-order valence-electron chi connectivity index (χ1n) is 4.66. The average Bonchev–Trinajstić information content (AvgIpc) is 2.65. The second kappa shape index (κ2) is 4.17. The molecule has 16 heavy (non-hydrogen) atoms. The van der Waals surface area contributed by atoms with Crippen LogP contribution >= 0.6 is 0 Å². The van der Waals surface area contributed by atoms with Gasteiger partial charge < -0.3 is 14.2 Å². The zero-order chi connectivity index (χ0) is 11.7. The van der Waals surface area contributed by atoms with Crippen LogP contribution in [0.2, 0.25) is 0 Å². The number of hydrogen-bond donors (Lipinski definition) is 0. The van der Waals surface area contributed by atoms with Crippen LogP contribution in [0, 0.1) is 10.1 Å². The Morgan fingerprint density at radius 2 is 1.88 bits per heavy atom. The standard InChI is InChI=1S/C10H11NO5/c1-14-9-7-4-3-6(11(12)13)5-8(7)10(15-2)16-9/h3-5,9-10H,1-2H3. The summed E-state index contributed by atoms with van der Waals surface area (Å²) < 4.78 is 15.6. The van der Waals surface area contributed by atoms with E-state index in [0.717, 1.165) is 5.56 Å². The number of ether oxygens (including phenoxy) is 3. The average molecular weight is 225 g/mol. The summed E-state index contributed by atoms with van der Waals surface area (Å²) >= 11 is 0. The number of non-ortho nitro benzene ring substituents is 1. The number of rotatable bonds is 3. The highest BCUT2D eigenvalue weighted by molar-refractivity contribution is 5.42. The molecule has 6 heteroatoms. The molecule has 2 unspecified atom stereocenters. The Hall–Kier alpha value is -1.50. The predicted octanol–water partition coefficient (Wildman–Crippen LogP) is 1.92. The lowest BCUT2D eigenvalue weighted by Gasteiger charge is -2.10. The van der Waals surface area contributed by atoms with Gasteiger partial charge in [-0.05, 0) is 6.07 Å². The predicted molar refractivity (Wildman–Crippen MR) is 53.7 cm³/mol. The summed E-state index contributed by atoms with van der Waals surface area (Å²) in [5.41, 5.74) is 1.42. The van der Waals surface area contributed by atoms with Crippen molar-refractivity contribution in [1.82, 2.24) is 0 Å². The zero-order valence-electron chi connectivity index (χ0n) is 8.88. The Kier molecular flexibility index (Phi) is 2.86. The van der Waals surface area contributed by atoms with Crippen LogP contribution in [-0.4, -0.2) is 19.1 Å². The lowest BCUT2D eigenvalue weighted by molar-refractivity contribution is -0.385. The summed E-state index contributed by atoms with van der Waals surface area (Å²) in [6, 6.07) is 4.50. The van der Waals surface area contributed by atoms with E-state index in [-0.39, 0.29) is 5.69 Å². The third-order valence-electron chi connectivity index (χ3n) is 2.46. The number of nitro benzene ring substituents is 1. The van der Waals surface area contributed by atoms with Crippen molar-refractivity contribution >= 4 is 5.69 Å². The van der Waals surface area contributed by atoms with Crippen molar-refractivity contribution in [3.8, 4) is 0 Å². The first-order valence-corrected chi connectivity index (χ1v) is 4.66. The summed E-state index contributed by atoms with van der Waals surface area (Å²) in [5.74, 6) is 0. The minimum atomic E-state index is -0.611. The molecule has 2 rings (SSSR count). The Bertz CT molecular complexity index is 420. The summed E-state index contributed by atoms with van der Waals surface area (Å²) in [5, 5.41) is 10.6. The second-order valence-electron chi connectivity index (χ2n) is 3.34. The van der Waals surface area contributed by atoms with Gasteiger partial charge in [-0.25, -0.2) is 0 Å². The fraction of sp³-hybridized carbons (Fsp3) is 0.400. The van der Waals surface area contributed by atoms with Gasteiger partial charge >= 0.3 is 0 Å². The molecule has 1 aromatic rings. The largest absolute Gasteiger partial charge is 0.352 e. The maximum absolute atomic E-state index is 10.6. The molecular weight excluding hydrogens is 214 g/mol. The zero-order valence-corrected chi connectivity index (χ0v) is 8.88. The van der Waals surface area contributed by atoms with Crippen molar-refractivity contribution in [3.63, 3.8) is 0 Å². The van der Waals surface area contributed by atoms with Crippen molar-refractivity contribution in [2.45, 2.75) is 12.6 Å². The van der Waals surface area contributed by atoms with Gasteiger partial charge in [0.2, 0.25) is 0 Å². The van der Waals surface area contributed by atoms with Gasteiger partial charge in [-0.3, -0.25) is 10.1 Å². The molecule has 1 aliphatic rings. The van der Waals surface area contributed by atoms with Crippen molar-refractivity contribution in [2.75, 3.05) is 14.2 Å². The van der Waals surface area contributed by atoms with Crippen LogP contribution < -0.4 is 0 Å². The number of methoxy groups -OCH3 is 2. The SMILES string of the molecule is COC1OC(OC)c2cc([N+](=O)[O-])ccc21. The van der Waals surface area contributed by atoms with Crippen LogP contribution in [0.5, 0.6) is 0 Å². The summed E-state index contributed by atoms with van der Waals surface area (Å²) in [4.78, 5) is 10.2. The molecule has 0 aromatic heterocycles. The first-order chi connectivity index (χ1) is 7.67. The van der Waals surface area contributed by atoms with Gasteiger partial charge in [0.1, 0.15) is 0 Å². The van der Waals surface area contributed by atoms with E-state index < -0.39 is 17.5 Å². The molecule has 0 saturated heterocycles. The first kappa shape index (κ1) is 11.0.